The number of unbranched alkanes of at least 4 members (excludes halogenated alkanes) is 2. The van der Waals surface area contributed by atoms with E-state index in [-0.39, 0.29) is 12.4 Å². The molecule has 2 amide bonds. The van der Waals surface area contributed by atoms with Gasteiger partial charge in [0.05, 0.1) is 33.0 Å². The van der Waals surface area contributed by atoms with Crippen molar-refractivity contribution in [3.05, 3.63) is 0 Å². The molecule has 2 unspecified atom stereocenters. The fourth-order valence-corrected chi connectivity index (χ4v) is 4.49. The van der Waals surface area contributed by atoms with Crippen molar-refractivity contribution < 1.29 is 43.2 Å². The van der Waals surface area contributed by atoms with Gasteiger partial charge in [0.25, 0.3) is 0 Å². The maximum Gasteiger partial charge on any atom is 0.407 e. The zero-order valence-corrected chi connectivity index (χ0v) is 24.8. The number of aliphatic carboxylic acids is 1. The van der Waals surface area contributed by atoms with Gasteiger partial charge in [-0.25, -0.2) is 14.4 Å². The van der Waals surface area contributed by atoms with E-state index >= 15 is 0 Å². The molecule has 0 rings (SSSR count). The molecule has 38 heavy (non-hydrogen) atoms. The van der Waals surface area contributed by atoms with E-state index in [1.54, 1.807) is 0 Å². The Hall–Kier alpha value is -1.41. The third-order valence-electron chi connectivity index (χ3n) is 5.26. The van der Waals surface area contributed by atoms with Crippen LogP contribution in [0, 0.1) is 5.92 Å². The summed E-state index contributed by atoms with van der Waals surface area (Å²) in [6, 6.07) is -0.983. The van der Waals surface area contributed by atoms with E-state index in [2.05, 4.69) is 17.6 Å². The van der Waals surface area contributed by atoms with E-state index in [9.17, 15) is 19.5 Å². The number of alkyl carbamates (subject to hydrolysis) is 2. The van der Waals surface area contributed by atoms with Crippen molar-refractivity contribution in [1.29, 1.82) is 0 Å². The van der Waals surface area contributed by atoms with E-state index in [0.29, 0.717) is 58.5 Å². The highest BCUT2D eigenvalue weighted by Gasteiger charge is 2.20. The Bertz CT molecular complexity index is 603. The molecule has 11 nitrogen and oxygen atoms in total. The second-order valence-corrected chi connectivity index (χ2v) is 11.0. The maximum absolute atomic E-state index is 11.9. The van der Waals surface area contributed by atoms with Gasteiger partial charge in [0.1, 0.15) is 6.04 Å². The van der Waals surface area contributed by atoms with Crippen molar-refractivity contribution in [2.24, 2.45) is 5.92 Å². The molecule has 0 aromatic heterocycles. The molecule has 0 aromatic rings. The number of rotatable bonds is 26. The zero-order valence-electron chi connectivity index (χ0n) is 23.2. The number of hydrogen-bond donors (Lipinski definition) is 3. The smallest absolute Gasteiger partial charge is 0.407 e. The molecule has 13 heteroatoms. The molecular formula is C25H48N2O9S2. The first-order valence-electron chi connectivity index (χ1n) is 13.4. The summed E-state index contributed by atoms with van der Waals surface area (Å²) >= 11 is 0. The van der Waals surface area contributed by atoms with Crippen molar-refractivity contribution in [3.63, 3.8) is 0 Å². The lowest BCUT2D eigenvalue weighted by Gasteiger charge is -2.17. The fraction of sp³-hybridized carbons (Fsp3) is 0.880. The van der Waals surface area contributed by atoms with Crippen molar-refractivity contribution in [2.45, 2.75) is 64.8 Å². The van der Waals surface area contributed by atoms with E-state index in [1.807, 2.05) is 13.2 Å². The Morgan fingerprint density at radius 3 is 2.18 bits per heavy atom. The molecule has 0 aliphatic rings. The van der Waals surface area contributed by atoms with Crippen LogP contribution in [0.2, 0.25) is 0 Å². The number of carboxylic acid groups (broad SMARTS) is 1. The first-order chi connectivity index (χ1) is 18.4. The minimum absolute atomic E-state index is 0.204. The lowest BCUT2D eigenvalue weighted by molar-refractivity contribution is -0.138. The van der Waals surface area contributed by atoms with Gasteiger partial charge < -0.3 is 39.4 Å². The van der Waals surface area contributed by atoms with E-state index in [1.165, 1.54) is 21.6 Å². The summed E-state index contributed by atoms with van der Waals surface area (Å²) in [5, 5.41) is 14.2. The highest BCUT2D eigenvalue weighted by molar-refractivity contribution is 8.76. The predicted octanol–water partition coefficient (Wildman–Crippen LogP) is 4.34. The van der Waals surface area contributed by atoms with Crippen molar-refractivity contribution >= 4 is 39.7 Å². The van der Waals surface area contributed by atoms with Gasteiger partial charge in [-0.1, -0.05) is 34.9 Å². The number of carbonyl (C=O) groups excluding carboxylic acids is 2. The van der Waals surface area contributed by atoms with Gasteiger partial charge in [-0.05, 0) is 57.6 Å². The summed E-state index contributed by atoms with van der Waals surface area (Å²) in [4.78, 5) is 34.9. The Kier molecular flexibility index (Phi) is 26.2. The standard InChI is InChI=1S/C25H48N2O9S2/c1-4-6-13-33-17-18-34-16-12-26-24(30)35-14-8-7-10-21(19-32-5-2)11-9-15-36-25(31)27-22(23(28)29)20-38-37-3/h21-22H,4-20H2,1-3H3,(H,26,30)(H,27,31)(H,28,29). The second-order valence-electron chi connectivity index (χ2n) is 8.43. The molecule has 0 bridgehead atoms. The predicted molar refractivity (Wildman–Crippen MR) is 151 cm³/mol. The van der Waals surface area contributed by atoms with Crippen LogP contribution in [-0.2, 0) is 28.5 Å². The monoisotopic (exact) mass is 584 g/mol. The van der Waals surface area contributed by atoms with Gasteiger partial charge in [-0.15, -0.1) is 0 Å². The van der Waals surface area contributed by atoms with Crippen LogP contribution in [0.15, 0.2) is 0 Å². The van der Waals surface area contributed by atoms with Crippen LogP contribution in [0.5, 0.6) is 0 Å². The Balaban J connectivity index is 3.92. The molecule has 0 fully saturated rings. The average molecular weight is 585 g/mol. The van der Waals surface area contributed by atoms with Gasteiger partial charge >= 0.3 is 18.2 Å². The number of ether oxygens (including phenoxy) is 5. The Morgan fingerprint density at radius 2 is 1.50 bits per heavy atom. The molecule has 0 radical (unpaired) electrons. The van der Waals surface area contributed by atoms with E-state index in [0.717, 1.165) is 45.1 Å². The van der Waals surface area contributed by atoms with Crippen molar-refractivity contribution in [2.75, 3.05) is 71.4 Å². The molecule has 0 saturated carbocycles. The zero-order chi connectivity index (χ0) is 28.3. The Labute approximate surface area is 235 Å². The van der Waals surface area contributed by atoms with Crippen LogP contribution in [-0.4, -0.2) is 101 Å². The molecular weight excluding hydrogens is 536 g/mol. The molecule has 0 aliphatic heterocycles. The molecule has 0 heterocycles. The normalized spacial score (nSPS) is 12.5. The summed E-state index contributed by atoms with van der Waals surface area (Å²) in [6.45, 7) is 8.44. The molecule has 224 valence electrons. The van der Waals surface area contributed by atoms with Crippen molar-refractivity contribution in [1.82, 2.24) is 10.6 Å². The second kappa shape index (κ2) is 27.2. The highest BCUT2D eigenvalue weighted by atomic mass is 33.1. The number of carboxylic acids is 1. The SMILES string of the molecule is CCCCOCCOCCNC(=O)OCCCCC(CCCOC(=O)NC(CSSC)C(=O)O)COCC. The highest BCUT2D eigenvalue weighted by Crippen LogP contribution is 2.18. The summed E-state index contributed by atoms with van der Waals surface area (Å²) in [5.74, 6) is -0.533. The summed E-state index contributed by atoms with van der Waals surface area (Å²) in [6.07, 6.45) is 6.80. The van der Waals surface area contributed by atoms with E-state index in [4.69, 9.17) is 23.7 Å². The van der Waals surface area contributed by atoms with Crippen LogP contribution in [0.25, 0.3) is 0 Å². The lowest BCUT2D eigenvalue weighted by atomic mass is 9.98. The number of hydrogen-bond acceptors (Lipinski definition) is 10. The third-order valence-corrected chi connectivity index (χ3v) is 7.08. The maximum atomic E-state index is 11.9. The minimum atomic E-state index is -1.09. The summed E-state index contributed by atoms with van der Waals surface area (Å²) in [7, 11) is 2.80. The number of amides is 2. The van der Waals surface area contributed by atoms with Crippen molar-refractivity contribution in [3.8, 4) is 0 Å². The average Bonchev–Trinajstić information content (AvgIpc) is 2.90. The van der Waals surface area contributed by atoms with Crippen LogP contribution >= 0.6 is 21.6 Å². The molecule has 0 spiro atoms. The quantitative estimate of drug-likeness (QED) is 0.0987. The molecule has 0 saturated heterocycles. The first-order valence-corrected chi connectivity index (χ1v) is 16.1. The van der Waals surface area contributed by atoms with Gasteiger partial charge in [0, 0.05) is 32.1 Å². The molecule has 3 N–H and O–H groups in total. The minimum Gasteiger partial charge on any atom is -0.480 e. The first kappa shape index (κ1) is 36.6. The van der Waals surface area contributed by atoms with Gasteiger partial charge in [-0.2, -0.15) is 0 Å². The number of carbonyl (C=O) groups is 3. The summed E-state index contributed by atoms with van der Waals surface area (Å²) < 4.78 is 26.7. The number of nitrogens with one attached hydrogen (secondary N) is 2. The lowest BCUT2D eigenvalue weighted by Crippen LogP contribution is -2.42. The van der Waals surface area contributed by atoms with Crippen LogP contribution < -0.4 is 10.6 Å². The largest absolute Gasteiger partial charge is 0.480 e. The van der Waals surface area contributed by atoms with Crippen LogP contribution in [0.3, 0.4) is 0 Å². The van der Waals surface area contributed by atoms with Gasteiger partial charge in [0.15, 0.2) is 0 Å². The van der Waals surface area contributed by atoms with Gasteiger partial charge in [0.2, 0.25) is 0 Å². The van der Waals surface area contributed by atoms with Gasteiger partial charge in [-0.3, -0.25) is 0 Å². The van der Waals surface area contributed by atoms with Crippen LogP contribution in [0.4, 0.5) is 9.59 Å². The topological polar surface area (TPSA) is 142 Å². The third kappa shape index (κ3) is 23.7. The molecule has 0 aromatic carbocycles. The van der Waals surface area contributed by atoms with E-state index < -0.39 is 24.2 Å². The fourth-order valence-electron chi connectivity index (χ4n) is 3.17. The molecule has 0 aliphatic carbocycles. The van der Waals surface area contributed by atoms with Crippen LogP contribution in [0.1, 0.15) is 58.8 Å². The molecule has 2 atom stereocenters. The summed E-state index contributed by atoms with van der Waals surface area (Å²) in [5.41, 5.74) is 0. The Morgan fingerprint density at radius 1 is 0.816 bits per heavy atom.